The normalized spacial score (nSPS) is 11.1. The molecule has 0 aliphatic heterocycles. The Kier molecular flexibility index (Phi) is 5.11. The van der Waals surface area contributed by atoms with Crippen molar-refractivity contribution in [3.63, 3.8) is 0 Å². The molecule has 0 saturated heterocycles. The Bertz CT molecular complexity index is 666. The fourth-order valence-electron chi connectivity index (χ4n) is 1.73. The SMILES string of the molecule is COc1ccc(/C(C)=N\NC(=O)c2cccc(Br)c2)cc1. The maximum absolute atomic E-state index is 12.0. The van der Waals surface area contributed by atoms with Crippen molar-refractivity contribution in [3.8, 4) is 5.75 Å². The maximum Gasteiger partial charge on any atom is 0.271 e. The van der Waals surface area contributed by atoms with E-state index in [9.17, 15) is 4.79 Å². The third-order valence-corrected chi connectivity index (χ3v) is 3.41. The molecule has 0 radical (unpaired) electrons. The number of rotatable bonds is 4. The van der Waals surface area contributed by atoms with Gasteiger partial charge >= 0.3 is 0 Å². The van der Waals surface area contributed by atoms with E-state index in [0.717, 1.165) is 21.5 Å². The van der Waals surface area contributed by atoms with E-state index < -0.39 is 0 Å². The Hall–Kier alpha value is -2.14. The van der Waals surface area contributed by atoms with Crippen LogP contribution in [0.15, 0.2) is 58.1 Å². The average molecular weight is 347 g/mol. The zero-order valence-corrected chi connectivity index (χ0v) is 13.3. The summed E-state index contributed by atoms with van der Waals surface area (Å²) in [7, 11) is 1.62. The van der Waals surface area contributed by atoms with Gasteiger partial charge in [-0.1, -0.05) is 22.0 Å². The lowest BCUT2D eigenvalue weighted by atomic mass is 10.1. The second-order valence-electron chi connectivity index (χ2n) is 4.38. The fraction of sp³-hybridized carbons (Fsp3) is 0.125. The number of hydrogen-bond donors (Lipinski definition) is 1. The molecule has 0 aliphatic rings. The molecule has 0 aromatic heterocycles. The third-order valence-electron chi connectivity index (χ3n) is 2.92. The lowest BCUT2D eigenvalue weighted by Gasteiger charge is -2.04. The molecule has 0 fully saturated rings. The Morgan fingerprint density at radius 2 is 1.86 bits per heavy atom. The number of halogens is 1. The molecule has 0 aliphatic carbocycles. The van der Waals surface area contributed by atoms with Crippen LogP contribution in [0, 0.1) is 0 Å². The van der Waals surface area contributed by atoms with Gasteiger partial charge in [0.25, 0.3) is 5.91 Å². The number of nitrogens with one attached hydrogen (secondary N) is 1. The van der Waals surface area contributed by atoms with Crippen LogP contribution in [0.2, 0.25) is 0 Å². The highest BCUT2D eigenvalue weighted by Gasteiger charge is 2.05. The van der Waals surface area contributed by atoms with Crippen LogP contribution in [-0.2, 0) is 0 Å². The molecule has 1 N–H and O–H groups in total. The number of methoxy groups -OCH3 is 1. The first-order valence-corrected chi connectivity index (χ1v) is 7.14. The zero-order valence-electron chi connectivity index (χ0n) is 11.8. The van der Waals surface area contributed by atoms with Crippen LogP contribution < -0.4 is 10.2 Å². The van der Waals surface area contributed by atoms with Crippen LogP contribution in [0.1, 0.15) is 22.8 Å². The molecule has 5 heteroatoms. The monoisotopic (exact) mass is 346 g/mol. The molecule has 0 unspecified atom stereocenters. The van der Waals surface area contributed by atoms with Crippen molar-refractivity contribution < 1.29 is 9.53 Å². The van der Waals surface area contributed by atoms with Crippen molar-refractivity contribution in [2.75, 3.05) is 7.11 Å². The Balaban J connectivity index is 2.07. The van der Waals surface area contributed by atoms with Crippen molar-refractivity contribution in [3.05, 3.63) is 64.1 Å². The van der Waals surface area contributed by atoms with E-state index in [0.29, 0.717) is 5.56 Å². The van der Waals surface area contributed by atoms with Crippen molar-refractivity contribution in [2.45, 2.75) is 6.92 Å². The van der Waals surface area contributed by atoms with Crippen molar-refractivity contribution in [1.82, 2.24) is 5.43 Å². The van der Waals surface area contributed by atoms with Gasteiger partial charge in [0, 0.05) is 10.0 Å². The summed E-state index contributed by atoms with van der Waals surface area (Å²) >= 11 is 3.33. The average Bonchev–Trinajstić information content (AvgIpc) is 2.52. The van der Waals surface area contributed by atoms with E-state index in [4.69, 9.17) is 4.74 Å². The quantitative estimate of drug-likeness (QED) is 0.679. The van der Waals surface area contributed by atoms with Gasteiger partial charge in [0.05, 0.1) is 12.8 Å². The molecule has 0 spiro atoms. The zero-order chi connectivity index (χ0) is 15.2. The number of hydrazone groups is 1. The van der Waals surface area contributed by atoms with Crippen LogP contribution >= 0.6 is 15.9 Å². The minimum absolute atomic E-state index is 0.246. The highest BCUT2D eigenvalue weighted by atomic mass is 79.9. The van der Waals surface area contributed by atoms with E-state index in [1.165, 1.54) is 0 Å². The largest absolute Gasteiger partial charge is 0.497 e. The number of carbonyl (C=O) groups excluding carboxylic acids is 1. The van der Waals surface area contributed by atoms with Crippen LogP contribution in [0.3, 0.4) is 0 Å². The smallest absolute Gasteiger partial charge is 0.271 e. The molecule has 0 atom stereocenters. The van der Waals surface area contributed by atoms with Crippen LogP contribution in [0.25, 0.3) is 0 Å². The van der Waals surface area contributed by atoms with E-state index in [1.54, 1.807) is 25.3 Å². The van der Waals surface area contributed by atoms with Gasteiger partial charge in [-0.25, -0.2) is 5.43 Å². The minimum atomic E-state index is -0.246. The summed E-state index contributed by atoms with van der Waals surface area (Å²) < 4.78 is 5.95. The maximum atomic E-state index is 12.0. The number of nitrogens with zero attached hydrogens (tertiary/aromatic N) is 1. The van der Waals surface area contributed by atoms with Gasteiger partial charge in [0.15, 0.2) is 0 Å². The Morgan fingerprint density at radius 3 is 2.48 bits per heavy atom. The summed E-state index contributed by atoms with van der Waals surface area (Å²) in [6, 6.07) is 14.6. The number of benzene rings is 2. The van der Waals surface area contributed by atoms with Gasteiger partial charge in [0.1, 0.15) is 5.75 Å². The lowest BCUT2D eigenvalue weighted by Crippen LogP contribution is -2.19. The summed E-state index contributed by atoms with van der Waals surface area (Å²) in [6.07, 6.45) is 0. The van der Waals surface area contributed by atoms with Crippen molar-refractivity contribution in [1.29, 1.82) is 0 Å². The molecule has 2 aromatic carbocycles. The summed E-state index contributed by atoms with van der Waals surface area (Å²) in [4.78, 5) is 12.0. The van der Waals surface area contributed by atoms with Gasteiger partial charge in [0.2, 0.25) is 0 Å². The van der Waals surface area contributed by atoms with Gasteiger partial charge < -0.3 is 4.74 Å². The third kappa shape index (κ3) is 4.16. The number of carbonyl (C=O) groups is 1. The van der Waals surface area contributed by atoms with Gasteiger partial charge in [-0.05, 0) is 55.0 Å². The first-order chi connectivity index (χ1) is 10.1. The summed E-state index contributed by atoms with van der Waals surface area (Å²) in [5, 5.41) is 4.12. The molecule has 1 amide bonds. The van der Waals surface area contributed by atoms with E-state index in [2.05, 4.69) is 26.5 Å². The van der Waals surface area contributed by atoms with Crippen LogP contribution in [-0.4, -0.2) is 18.7 Å². The van der Waals surface area contributed by atoms with Crippen LogP contribution in [0.4, 0.5) is 0 Å². The van der Waals surface area contributed by atoms with Gasteiger partial charge in [-0.3, -0.25) is 4.79 Å². The summed E-state index contributed by atoms with van der Waals surface area (Å²) in [6.45, 7) is 1.84. The number of ether oxygens (including phenoxy) is 1. The molecule has 4 nitrogen and oxygen atoms in total. The van der Waals surface area contributed by atoms with E-state index in [1.807, 2.05) is 37.3 Å². The summed E-state index contributed by atoms with van der Waals surface area (Å²) in [5.74, 6) is 0.536. The molecule has 2 rings (SSSR count). The second-order valence-corrected chi connectivity index (χ2v) is 5.29. The molecule has 0 saturated carbocycles. The predicted octanol–water partition coefficient (Wildman–Crippen LogP) is 3.61. The summed E-state index contributed by atoms with van der Waals surface area (Å²) in [5.41, 5.74) is 4.75. The number of hydrogen-bond acceptors (Lipinski definition) is 3. The Labute approximate surface area is 132 Å². The lowest BCUT2D eigenvalue weighted by molar-refractivity contribution is 0.0955. The molecular weight excluding hydrogens is 332 g/mol. The Morgan fingerprint density at radius 1 is 1.14 bits per heavy atom. The van der Waals surface area contributed by atoms with E-state index >= 15 is 0 Å². The number of amides is 1. The van der Waals surface area contributed by atoms with Crippen LogP contribution in [0.5, 0.6) is 5.75 Å². The highest BCUT2D eigenvalue weighted by molar-refractivity contribution is 9.10. The van der Waals surface area contributed by atoms with Crippen molar-refractivity contribution in [2.24, 2.45) is 5.10 Å². The predicted molar refractivity (Wildman–Crippen MR) is 86.8 cm³/mol. The second kappa shape index (κ2) is 7.04. The minimum Gasteiger partial charge on any atom is -0.497 e. The topological polar surface area (TPSA) is 50.7 Å². The fourth-order valence-corrected chi connectivity index (χ4v) is 2.12. The van der Waals surface area contributed by atoms with Gasteiger partial charge in [-0.15, -0.1) is 0 Å². The highest BCUT2D eigenvalue weighted by Crippen LogP contribution is 2.13. The molecular formula is C16H15BrN2O2. The van der Waals surface area contributed by atoms with E-state index in [-0.39, 0.29) is 5.91 Å². The van der Waals surface area contributed by atoms with Crippen molar-refractivity contribution >= 4 is 27.5 Å². The molecule has 2 aromatic rings. The molecule has 0 heterocycles. The first kappa shape index (κ1) is 15.3. The molecule has 0 bridgehead atoms. The molecule has 21 heavy (non-hydrogen) atoms. The standard InChI is InChI=1S/C16H15BrN2O2/c1-11(12-6-8-15(21-2)9-7-12)18-19-16(20)13-4-3-5-14(17)10-13/h3-10H,1-2H3,(H,19,20)/b18-11-. The van der Waals surface area contributed by atoms with Gasteiger partial charge in [-0.2, -0.15) is 5.10 Å². The first-order valence-electron chi connectivity index (χ1n) is 6.35. The molecule has 108 valence electrons.